The molecule has 23 heavy (non-hydrogen) atoms. The number of hydrogen-bond acceptors (Lipinski definition) is 2. The monoisotopic (exact) mass is 330 g/mol. The van der Waals surface area contributed by atoms with Crippen LogP contribution in [-0.2, 0) is 10.2 Å². The van der Waals surface area contributed by atoms with Crippen molar-refractivity contribution in [1.29, 1.82) is 0 Å². The minimum Gasteiger partial charge on any atom is -0.383 e. The third kappa shape index (κ3) is 5.00. The molecule has 0 atom stereocenters. The number of carbonyl (C=O) groups is 1. The summed E-state index contributed by atoms with van der Waals surface area (Å²) < 4.78 is 0. The first kappa shape index (κ1) is 17.4. The van der Waals surface area contributed by atoms with Gasteiger partial charge in [0.1, 0.15) is 0 Å². The van der Waals surface area contributed by atoms with Crippen LogP contribution < -0.4 is 10.6 Å². The highest BCUT2D eigenvalue weighted by molar-refractivity contribution is 6.33. The highest BCUT2D eigenvalue weighted by Gasteiger charge is 2.18. The summed E-state index contributed by atoms with van der Waals surface area (Å²) >= 11 is 6.08. The second-order valence-corrected chi connectivity index (χ2v) is 6.91. The van der Waals surface area contributed by atoms with Gasteiger partial charge in [-0.3, -0.25) is 4.79 Å². The average molecular weight is 331 g/mol. The molecule has 0 saturated carbocycles. The van der Waals surface area contributed by atoms with Crippen molar-refractivity contribution in [3.8, 4) is 0 Å². The summed E-state index contributed by atoms with van der Waals surface area (Å²) in [5, 5.41) is 6.85. The maximum Gasteiger partial charge on any atom is 0.226 e. The number of anilines is 2. The van der Waals surface area contributed by atoms with E-state index in [1.165, 1.54) is 0 Å². The van der Waals surface area contributed by atoms with Crippen LogP contribution in [0.25, 0.3) is 0 Å². The summed E-state index contributed by atoms with van der Waals surface area (Å²) in [6, 6.07) is 15.4. The lowest BCUT2D eigenvalue weighted by molar-refractivity contribution is -0.115. The molecule has 0 bridgehead atoms. The highest BCUT2D eigenvalue weighted by atomic mass is 35.5. The Morgan fingerprint density at radius 1 is 1.00 bits per heavy atom. The van der Waals surface area contributed by atoms with Gasteiger partial charge >= 0.3 is 0 Å². The molecule has 0 aliphatic heterocycles. The van der Waals surface area contributed by atoms with E-state index >= 15 is 0 Å². The molecular formula is C19H23ClN2O. The van der Waals surface area contributed by atoms with Crippen LogP contribution >= 0.6 is 11.6 Å². The quantitative estimate of drug-likeness (QED) is 0.802. The highest BCUT2D eigenvalue weighted by Crippen LogP contribution is 2.29. The molecule has 0 fully saturated rings. The number of benzene rings is 2. The summed E-state index contributed by atoms with van der Waals surface area (Å²) in [7, 11) is 0. The number of rotatable bonds is 5. The van der Waals surface area contributed by atoms with Crippen molar-refractivity contribution in [2.75, 3.05) is 17.2 Å². The predicted molar refractivity (Wildman–Crippen MR) is 98.3 cm³/mol. The Morgan fingerprint density at radius 3 is 2.26 bits per heavy atom. The van der Waals surface area contributed by atoms with Crippen LogP contribution in [-0.4, -0.2) is 12.5 Å². The van der Waals surface area contributed by atoms with Gasteiger partial charge < -0.3 is 10.6 Å². The van der Waals surface area contributed by atoms with E-state index in [-0.39, 0.29) is 11.3 Å². The Bertz CT molecular complexity index is 677. The second kappa shape index (κ2) is 7.51. The van der Waals surface area contributed by atoms with Crippen LogP contribution in [0.2, 0.25) is 5.02 Å². The van der Waals surface area contributed by atoms with Gasteiger partial charge in [-0.1, -0.05) is 62.7 Å². The zero-order chi connectivity index (χ0) is 16.9. The van der Waals surface area contributed by atoms with Gasteiger partial charge in [0.25, 0.3) is 0 Å². The van der Waals surface area contributed by atoms with Gasteiger partial charge in [0.15, 0.2) is 0 Å². The topological polar surface area (TPSA) is 41.1 Å². The van der Waals surface area contributed by atoms with Gasteiger partial charge in [-0.2, -0.15) is 0 Å². The smallest absolute Gasteiger partial charge is 0.226 e. The zero-order valence-electron chi connectivity index (χ0n) is 13.8. The fourth-order valence-corrected chi connectivity index (χ4v) is 2.58. The average Bonchev–Trinajstić information content (AvgIpc) is 2.49. The fraction of sp³-hybridized carbons (Fsp3) is 0.316. The normalized spacial score (nSPS) is 11.1. The Morgan fingerprint density at radius 2 is 1.61 bits per heavy atom. The molecule has 0 aliphatic rings. The molecule has 0 radical (unpaired) electrons. The van der Waals surface area contributed by atoms with Crippen LogP contribution in [0.1, 0.15) is 32.8 Å². The maximum absolute atomic E-state index is 12.2. The van der Waals surface area contributed by atoms with E-state index in [2.05, 4.69) is 37.5 Å². The van der Waals surface area contributed by atoms with Gasteiger partial charge in [-0.05, 0) is 29.2 Å². The number of carbonyl (C=O) groups excluding carboxylic acids is 1. The molecule has 1 amide bonds. The molecule has 0 aliphatic carbocycles. The first-order chi connectivity index (χ1) is 10.9. The van der Waals surface area contributed by atoms with Crippen LogP contribution in [0.4, 0.5) is 11.4 Å². The van der Waals surface area contributed by atoms with E-state index in [1.54, 1.807) is 0 Å². The van der Waals surface area contributed by atoms with Gasteiger partial charge in [-0.15, -0.1) is 0 Å². The van der Waals surface area contributed by atoms with Crippen molar-refractivity contribution in [3.63, 3.8) is 0 Å². The summed E-state index contributed by atoms with van der Waals surface area (Å²) in [5.41, 5.74) is 2.84. The third-order valence-electron chi connectivity index (χ3n) is 3.55. The van der Waals surface area contributed by atoms with E-state index in [4.69, 9.17) is 11.6 Å². The summed E-state index contributed by atoms with van der Waals surface area (Å²) in [5.74, 6) is -0.0127. The molecule has 0 unspecified atom stereocenters. The van der Waals surface area contributed by atoms with Crippen molar-refractivity contribution >= 4 is 28.9 Å². The van der Waals surface area contributed by atoms with Crippen LogP contribution in [0, 0.1) is 0 Å². The minimum atomic E-state index is -0.0142. The molecule has 0 spiro atoms. The minimum absolute atomic E-state index is 0.0127. The largest absolute Gasteiger partial charge is 0.383 e. The first-order valence-corrected chi connectivity index (χ1v) is 8.13. The maximum atomic E-state index is 12.2. The van der Waals surface area contributed by atoms with Crippen molar-refractivity contribution in [2.45, 2.75) is 32.6 Å². The van der Waals surface area contributed by atoms with Gasteiger partial charge in [-0.25, -0.2) is 0 Å². The lowest BCUT2D eigenvalue weighted by Gasteiger charge is -2.23. The van der Waals surface area contributed by atoms with Crippen LogP contribution in [0.3, 0.4) is 0 Å². The van der Waals surface area contributed by atoms with Gasteiger partial charge in [0, 0.05) is 18.7 Å². The number of nitrogens with one attached hydrogen (secondary N) is 2. The first-order valence-electron chi connectivity index (χ1n) is 7.75. The number of amides is 1. The lowest BCUT2D eigenvalue weighted by atomic mass is 9.86. The van der Waals surface area contributed by atoms with Crippen molar-refractivity contribution in [1.82, 2.24) is 0 Å². The van der Waals surface area contributed by atoms with E-state index in [1.807, 2.05) is 42.5 Å². The van der Waals surface area contributed by atoms with E-state index in [0.717, 1.165) is 16.9 Å². The molecule has 0 aromatic heterocycles. The summed E-state index contributed by atoms with van der Waals surface area (Å²) in [6.45, 7) is 6.94. The standard InChI is InChI=1S/C19H23ClN2O/c1-19(2,3)14-8-4-6-10-16(14)22-18(23)12-13-21-17-11-7-5-9-15(17)20/h4-11,21H,12-13H2,1-3H3,(H,22,23). The molecule has 2 aromatic rings. The summed E-state index contributed by atoms with van der Waals surface area (Å²) in [4.78, 5) is 12.2. The molecule has 2 N–H and O–H groups in total. The number of para-hydroxylation sites is 2. The SMILES string of the molecule is CC(C)(C)c1ccccc1NC(=O)CCNc1ccccc1Cl. The number of halogens is 1. The van der Waals surface area contributed by atoms with Crippen molar-refractivity contribution in [2.24, 2.45) is 0 Å². The van der Waals surface area contributed by atoms with Crippen LogP contribution in [0.5, 0.6) is 0 Å². The summed E-state index contributed by atoms with van der Waals surface area (Å²) in [6.07, 6.45) is 0.379. The molecule has 122 valence electrons. The molecule has 2 aromatic carbocycles. The molecule has 0 saturated heterocycles. The number of hydrogen-bond donors (Lipinski definition) is 2. The zero-order valence-corrected chi connectivity index (χ0v) is 14.6. The van der Waals surface area contributed by atoms with Gasteiger partial charge in [0.2, 0.25) is 5.91 Å². The lowest BCUT2D eigenvalue weighted by Crippen LogP contribution is -2.20. The van der Waals surface area contributed by atoms with Crippen LogP contribution in [0.15, 0.2) is 48.5 Å². The molecule has 3 nitrogen and oxygen atoms in total. The van der Waals surface area contributed by atoms with Crippen molar-refractivity contribution in [3.05, 3.63) is 59.1 Å². The Hall–Kier alpha value is -2.00. The van der Waals surface area contributed by atoms with E-state index in [9.17, 15) is 4.79 Å². The molecule has 0 heterocycles. The molecule has 4 heteroatoms. The predicted octanol–water partition coefficient (Wildman–Crippen LogP) is 5.08. The molecular weight excluding hydrogens is 308 g/mol. The Kier molecular flexibility index (Phi) is 5.67. The van der Waals surface area contributed by atoms with E-state index in [0.29, 0.717) is 18.0 Å². The second-order valence-electron chi connectivity index (χ2n) is 6.50. The Balaban J connectivity index is 1.92. The molecule has 2 rings (SSSR count). The fourth-order valence-electron chi connectivity index (χ4n) is 2.37. The third-order valence-corrected chi connectivity index (χ3v) is 3.88. The Labute approximate surface area is 143 Å². The van der Waals surface area contributed by atoms with Gasteiger partial charge in [0.05, 0.1) is 10.7 Å². The van der Waals surface area contributed by atoms with Crippen molar-refractivity contribution < 1.29 is 4.79 Å². The van der Waals surface area contributed by atoms with E-state index < -0.39 is 0 Å².